The number of allylic oxidation sites excluding steroid dienone is 5. The highest BCUT2D eigenvalue weighted by Gasteiger charge is 2.03. The maximum absolute atomic E-state index is 8.54. The van der Waals surface area contributed by atoms with Crippen molar-refractivity contribution in [3.8, 4) is 0 Å². The fourth-order valence-corrected chi connectivity index (χ4v) is 3.81. The normalized spacial score (nSPS) is 19.3. The highest BCUT2D eigenvalue weighted by molar-refractivity contribution is 6.48. The summed E-state index contributed by atoms with van der Waals surface area (Å²) in [5.41, 5.74) is 4.79. The van der Waals surface area contributed by atoms with Crippen molar-refractivity contribution in [2.24, 2.45) is 5.92 Å². The Bertz CT molecular complexity index is 927. The van der Waals surface area contributed by atoms with E-state index in [4.69, 9.17) is 21.6 Å². The lowest BCUT2D eigenvalue weighted by molar-refractivity contribution is 0.424. The summed E-state index contributed by atoms with van der Waals surface area (Å²) in [5, 5.41) is 17.4. The van der Waals surface area contributed by atoms with Crippen molar-refractivity contribution in [1.29, 1.82) is 0 Å². The summed E-state index contributed by atoms with van der Waals surface area (Å²) < 4.78 is 0. The molecule has 0 aromatic heterocycles. The van der Waals surface area contributed by atoms with Crippen molar-refractivity contribution < 1.29 is 10.0 Å². The number of benzene rings is 2. The first-order valence-corrected chi connectivity index (χ1v) is 12.7. The summed E-state index contributed by atoms with van der Waals surface area (Å²) in [7, 11) is -1.37. The van der Waals surface area contributed by atoms with Gasteiger partial charge in [0.15, 0.2) is 0 Å². The third-order valence-corrected chi connectivity index (χ3v) is 6.00. The second-order valence-corrected chi connectivity index (χ2v) is 9.41. The van der Waals surface area contributed by atoms with Crippen LogP contribution in [0.2, 0.25) is 0 Å². The van der Waals surface area contributed by atoms with Crippen LogP contribution in [0.15, 0.2) is 84.9 Å². The molecule has 180 valence electrons. The lowest BCUT2D eigenvalue weighted by Crippen LogP contribution is -2.05. The molecule has 2 aliphatic rings. The maximum atomic E-state index is 8.54. The molecule has 1 unspecified atom stereocenters. The van der Waals surface area contributed by atoms with Crippen molar-refractivity contribution in [2.45, 2.75) is 57.7 Å². The van der Waals surface area contributed by atoms with E-state index in [0.29, 0.717) is 11.3 Å². The summed E-state index contributed by atoms with van der Waals surface area (Å²) in [6.45, 7) is 4.13. The van der Waals surface area contributed by atoms with Gasteiger partial charge < -0.3 is 10.0 Å². The van der Waals surface area contributed by atoms with Gasteiger partial charge >= 0.3 is 7.12 Å². The first kappa shape index (κ1) is 27.9. The zero-order valence-electron chi connectivity index (χ0n) is 20.5. The van der Waals surface area contributed by atoms with Crippen molar-refractivity contribution in [2.75, 3.05) is 0 Å². The Labute approximate surface area is 211 Å². The van der Waals surface area contributed by atoms with Gasteiger partial charge in [0.05, 0.1) is 5.38 Å². The molecule has 0 bridgehead atoms. The molecular formula is C30H38BClO2. The van der Waals surface area contributed by atoms with E-state index in [1.165, 1.54) is 54.8 Å². The molecule has 0 radical (unpaired) electrons. The molecule has 0 heterocycles. The molecular weight excluding hydrogens is 439 g/mol. The summed E-state index contributed by atoms with van der Waals surface area (Å²) in [5.74, 6) is 1.98. The number of aryl methyl sites for hydroxylation is 2. The van der Waals surface area contributed by atoms with Crippen LogP contribution in [-0.2, 0) is 0 Å². The number of alkyl halides is 1. The van der Waals surface area contributed by atoms with Gasteiger partial charge in [0.1, 0.15) is 0 Å². The van der Waals surface area contributed by atoms with Gasteiger partial charge in [-0.1, -0.05) is 108 Å². The van der Waals surface area contributed by atoms with Gasteiger partial charge in [0.2, 0.25) is 0 Å². The van der Waals surface area contributed by atoms with Crippen LogP contribution in [0.4, 0.5) is 0 Å². The van der Waals surface area contributed by atoms with Crippen LogP contribution in [0.1, 0.15) is 60.8 Å². The van der Waals surface area contributed by atoms with E-state index in [0.717, 1.165) is 12.0 Å². The van der Waals surface area contributed by atoms with E-state index in [2.05, 4.69) is 67.6 Å². The molecule has 2 nitrogen and oxygen atoms in total. The van der Waals surface area contributed by atoms with Crippen LogP contribution >= 0.6 is 11.6 Å². The van der Waals surface area contributed by atoms with Crippen LogP contribution in [0.3, 0.4) is 0 Å². The number of hydrogen-bond acceptors (Lipinski definition) is 2. The average molecular weight is 477 g/mol. The zero-order chi connectivity index (χ0) is 24.6. The molecule has 4 heteroatoms. The molecule has 2 atom stereocenters. The standard InChI is InChI=1S/C15H18.C9H11BO2.C6H9Cl/c1-13-7-9-15(10-8-13)12-11-14-5-3-2-4-6-14;1-8-2-4-9(5-3-8)6-7-10(11)12;7-6-4-2-1-3-5-6/h3,5,7-12,14H,2,4,6H2,1H3;2-7,11-12H,1H3;2,4,6H,1,3,5H2/b12-11+;7-6+;/t14-;;/m0../s1. The molecule has 2 aliphatic carbocycles. The minimum absolute atomic E-state index is 0.328. The number of halogens is 1. The van der Waals surface area contributed by atoms with Crippen molar-refractivity contribution in [3.05, 3.63) is 107 Å². The summed E-state index contributed by atoms with van der Waals surface area (Å²) in [6, 6.07) is 16.5. The Kier molecular flexibility index (Phi) is 13.4. The first-order chi connectivity index (χ1) is 16.4. The number of rotatable bonds is 4. The Balaban J connectivity index is 0.000000192. The maximum Gasteiger partial charge on any atom is 0.480 e. The fourth-order valence-electron chi connectivity index (χ4n) is 3.56. The van der Waals surface area contributed by atoms with Gasteiger partial charge in [0, 0.05) is 0 Å². The fraction of sp³-hybridized carbons (Fsp3) is 0.333. The molecule has 0 saturated carbocycles. The molecule has 2 aromatic rings. The molecule has 2 aromatic carbocycles. The van der Waals surface area contributed by atoms with Gasteiger partial charge in [-0.05, 0) is 69.4 Å². The summed E-state index contributed by atoms with van der Waals surface area (Å²) in [4.78, 5) is 0. The van der Waals surface area contributed by atoms with E-state index in [1.54, 1.807) is 6.08 Å². The van der Waals surface area contributed by atoms with E-state index < -0.39 is 7.12 Å². The largest absolute Gasteiger partial charge is 0.480 e. The Morgan fingerprint density at radius 1 is 0.765 bits per heavy atom. The molecule has 0 aliphatic heterocycles. The van der Waals surface area contributed by atoms with Crippen LogP contribution in [0.25, 0.3) is 12.2 Å². The quantitative estimate of drug-likeness (QED) is 0.269. The molecule has 4 rings (SSSR count). The summed E-state index contributed by atoms with van der Waals surface area (Å²) in [6.07, 6.45) is 22.6. The molecule has 0 saturated heterocycles. The van der Waals surface area contributed by atoms with Crippen molar-refractivity contribution in [1.82, 2.24) is 0 Å². The minimum Gasteiger partial charge on any atom is -0.424 e. The molecule has 0 amide bonds. The second kappa shape index (κ2) is 16.3. The SMILES string of the molecule is Cc1ccc(/C=C/B(O)O)cc1.Cc1ccc(/C=C/[C@H]2C=CCCC2)cc1.ClC1C=CCCC1. The van der Waals surface area contributed by atoms with Crippen LogP contribution < -0.4 is 0 Å². The van der Waals surface area contributed by atoms with Crippen LogP contribution in [0.5, 0.6) is 0 Å². The van der Waals surface area contributed by atoms with Gasteiger partial charge in [-0.15, -0.1) is 11.6 Å². The van der Waals surface area contributed by atoms with E-state index >= 15 is 0 Å². The molecule has 0 spiro atoms. The predicted octanol–water partition coefficient (Wildman–Crippen LogP) is 7.72. The molecule has 2 N–H and O–H groups in total. The minimum atomic E-state index is -1.37. The predicted molar refractivity (Wildman–Crippen MR) is 150 cm³/mol. The lowest BCUT2D eigenvalue weighted by Gasteiger charge is -2.11. The number of hydrogen-bond donors (Lipinski definition) is 2. The molecule has 34 heavy (non-hydrogen) atoms. The van der Waals surface area contributed by atoms with E-state index in [1.807, 2.05) is 31.2 Å². The monoisotopic (exact) mass is 476 g/mol. The zero-order valence-corrected chi connectivity index (χ0v) is 21.2. The third-order valence-electron chi connectivity index (χ3n) is 5.64. The topological polar surface area (TPSA) is 40.5 Å². The molecule has 0 fully saturated rings. The lowest BCUT2D eigenvalue weighted by atomic mass is 9.91. The summed E-state index contributed by atoms with van der Waals surface area (Å²) >= 11 is 5.73. The Morgan fingerprint density at radius 3 is 1.71 bits per heavy atom. The van der Waals surface area contributed by atoms with Crippen LogP contribution in [0, 0.1) is 19.8 Å². The van der Waals surface area contributed by atoms with Gasteiger partial charge in [-0.2, -0.15) is 0 Å². The Morgan fingerprint density at radius 2 is 1.29 bits per heavy atom. The van der Waals surface area contributed by atoms with Gasteiger partial charge in [-0.25, -0.2) is 0 Å². The van der Waals surface area contributed by atoms with Gasteiger partial charge in [0.25, 0.3) is 0 Å². The third kappa shape index (κ3) is 12.8. The van der Waals surface area contributed by atoms with Crippen molar-refractivity contribution >= 4 is 30.9 Å². The van der Waals surface area contributed by atoms with E-state index in [9.17, 15) is 0 Å². The highest BCUT2D eigenvalue weighted by Crippen LogP contribution is 2.19. The first-order valence-electron chi connectivity index (χ1n) is 12.3. The smallest absolute Gasteiger partial charge is 0.424 e. The van der Waals surface area contributed by atoms with Gasteiger partial charge in [-0.3, -0.25) is 0 Å². The van der Waals surface area contributed by atoms with E-state index in [-0.39, 0.29) is 0 Å². The van der Waals surface area contributed by atoms with Crippen LogP contribution in [-0.4, -0.2) is 22.5 Å². The second-order valence-electron chi connectivity index (χ2n) is 8.85. The highest BCUT2D eigenvalue weighted by atomic mass is 35.5. The Hall–Kier alpha value is -2.33. The van der Waals surface area contributed by atoms with Crippen molar-refractivity contribution in [3.63, 3.8) is 0 Å². The average Bonchev–Trinajstić information content (AvgIpc) is 2.85.